The molecular formula is C17H20N2O2. The van der Waals surface area contributed by atoms with Gasteiger partial charge in [-0.05, 0) is 43.7 Å². The van der Waals surface area contributed by atoms with Crippen molar-refractivity contribution >= 4 is 23.0 Å². The first-order valence-electron chi connectivity index (χ1n) is 6.90. The normalized spacial score (nSPS) is 10.2. The van der Waals surface area contributed by atoms with Gasteiger partial charge in [-0.3, -0.25) is 0 Å². The summed E-state index contributed by atoms with van der Waals surface area (Å²) in [5, 5.41) is 0. The molecule has 0 saturated carbocycles. The lowest BCUT2D eigenvalue weighted by molar-refractivity contribution is 0.0527. The third-order valence-electron chi connectivity index (χ3n) is 3.35. The molecule has 2 N–H and O–H groups in total. The fraction of sp³-hybridized carbons (Fsp3) is 0.235. The number of hydrogen-bond acceptors (Lipinski definition) is 4. The summed E-state index contributed by atoms with van der Waals surface area (Å²) in [4.78, 5) is 14.1. The molecule has 0 aliphatic heterocycles. The lowest BCUT2D eigenvalue weighted by Gasteiger charge is -2.24. The molecule has 2 aromatic rings. The van der Waals surface area contributed by atoms with Gasteiger partial charge >= 0.3 is 5.97 Å². The lowest BCUT2D eigenvalue weighted by Crippen LogP contribution is -2.16. The maximum absolute atomic E-state index is 12.1. The second kappa shape index (κ2) is 6.31. The number of para-hydroxylation sites is 1. The highest BCUT2D eigenvalue weighted by molar-refractivity contribution is 5.98. The molecule has 4 nitrogen and oxygen atoms in total. The minimum Gasteiger partial charge on any atom is -0.462 e. The van der Waals surface area contributed by atoms with Crippen molar-refractivity contribution in [3.8, 4) is 0 Å². The molecular weight excluding hydrogens is 264 g/mol. The number of aryl methyl sites for hydroxylation is 1. The third kappa shape index (κ3) is 3.16. The van der Waals surface area contributed by atoms with Crippen molar-refractivity contribution in [2.75, 3.05) is 24.3 Å². The number of rotatable bonds is 4. The number of carbonyl (C=O) groups is 1. The summed E-state index contributed by atoms with van der Waals surface area (Å²) in [5.41, 5.74) is 9.76. The first-order chi connectivity index (χ1) is 10.0. The second-order valence-corrected chi connectivity index (χ2v) is 4.84. The van der Waals surface area contributed by atoms with E-state index in [4.69, 9.17) is 10.5 Å². The summed E-state index contributed by atoms with van der Waals surface area (Å²) in [6.07, 6.45) is 0. The molecule has 0 aromatic heterocycles. The summed E-state index contributed by atoms with van der Waals surface area (Å²) >= 11 is 0. The average molecular weight is 284 g/mol. The molecule has 0 bridgehead atoms. The molecule has 0 unspecified atom stereocenters. The summed E-state index contributed by atoms with van der Waals surface area (Å²) in [7, 11) is 1.93. The maximum Gasteiger partial charge on any atom is 0.340 e. The zero-order valence-electron chi connectivity index (χ0n) is 12.6. The van der Waals surface area contributed by atoms with E-state index >= 15 is 0 Å². The SMILES string of the molecule is CCOC(=O)c1cc(N)ccc1N(C)c1ccccc1C. The molecule has 0 spiro atoms. The summed E-state index contributed by atoms with van der Waals surface area (Å²) in [5.74, 6) is -0.361. The molecule has 0 fully saturated rings. The van der Waals surface area contributed by atoms with Crippen molar-refractivity contribution in [3.05, 3.63) is 53.6 Å². The predicted molar refractivity (Wildman–Crippen MR) is 86.1 cm³/mol. The number of anilines is 3. The van der Waals surface area contributed by atoms with Gasteiger partial charge in [-0.15, -0.1) is 0 Å². The van der Waals surface area contributed by atoms with Crippen LogP contribution in [0.3, 0.4) is 0 Å². The fourth-order valence-electron chi connectivity index (χ4n) is 2.29. The van der Waals surface area contributed by atoms with Gasteiger partial charge in [-0.1, -0.05) is 18.2 Å². The molecule has 0 atom stereocenters. The number of nitrogen functional groups attached to an aromatic ring is 1. The van der Waals surface area contributed by atoms with Gasteiger partial charge in [-0.25, -0.2) is 4.79 Å². The first-order valence-corrected chi connectivity index (χ1v) is 6.90. The van der Waals surface area contributed by atoms with Crippen LogP contribution in [0, 0.1) is 6.92 Å². The van der Waals surface area contributed by atoms with E-state index in [1.165, 1.54) is 0 Å². The Morgan fingerprint density at radius 1 is 1.19 bits per heavy atom. The van der Waals surface area contributed by atoms with Crippen molar-refractivity contribution in [1.82, 2.24) is 0 Å². The van der Waals surface area contributed by atoms with Crippen LogP contribution in [-0.2, 0) is 4.74 Å². The number of hydrogen-bond donors (Lipinski definition) is 1. The van der Waals surface area contributed by atoms with Gasteiger partial charge < -0.3 is 15.4 Å². The molecule has 0 aliphatic carbocycles. The molecule has 2 aromatic carbocycles. The minimum atomic E-state index is -0.361. The monoisotopic (exact) mass is 284 g/mol. The lowest BCUT2D eigenvalue weighted by atomic mass is 10.1. The average Bonchev–Trinajstić information content (AvgIpc) is 2.47. The second-order valence-electron chi connectivity index (χ2n) is 4.84. The Balaban J connectivity index is 2.48. The smallest absolute Gasteiger partial charge is 0.340 e. The van der Waals surface area contributed by atoms with Crippen molar-refractivity contribution in [1.29, 1.82) is 0 Å². The highest BCUT2D eigenvalue weighted by Gasteiger charge is 2.17. The third-order valence-corrected chi connectivity index (χ3v) is 3.35. The standard InChI is InChI=1S/C17H20N2O2/c1-4-21-17(20)14-11-13(18)9-10-16(14)19(3)15-8-6-5-7-12(15)2/h5-11H,4,18H2,1-3H3. The molecule has 21 heavy (non-hydrogen) atoms. The van der Waals surface area contributed by atoms with Crippen LogP contribution in [0.25, 0.3) is 0 Å². The van der Waals surface area contributed by atoms with Gasteiger partial charge in [0, 0.05) is 18.4 Å². The van der Waals surface area contributed by atoms with Gasteiger partial charge in [0.25, 0.3) is 0 Å². The van der Waals surface area contributed by atoms with E-state index in [0.717, 1.165) is 16.9 Å². The van der Waals surface area contributed by atoms with Gasteiger partial charge in [-0.2, -0.15) is 0 Å². The molecule has 0 amide bonds. The molecule has 0 saturated heterocycles. The Kier molecular flexibility index (Phi) is 4.48. The van der Waals surface area contributed by atoms with Gasteiger partial charge in [0.1, 0.15) is 0 Å². The maximum atomic E-state index is 12.1. The molecule has 0 aliphatic rings. The van der Waals surface area contributed by atoms with Crippen LogP contribution in [0.2, 0.25) is 0 Å². The summed E-state index contributed by atoms with van der Waals surface area (Å²) in [6, 6.07) is 13.3. The fourth-order valence-corrected chi connectivity index (χ4v) is 2.29. The quantitative estimate of drug-likeness (QED) is 0.689. The van der Waals surface area contributed by atoms with Crippen LogP contribution in [0.15, 0.2) is 42.5 Å². The van der Waals surface area contributed by atoms with Crippen molar-refractivity contribution in [2.24, 2.45) is 0 Å². The topological polar surface area (TPSA) is 55.6 Å². The van der Waals surface area contributed by atoms with E-state index in [-0.39, 0.29) is 5.97 Å². The Morgan fingerprint density at radius 2 is 1.90 bits per heavy atom. The number of esters is 1. The molecule has 110 valence electrons. The van der Waals surface area contributed by atoms with E-state index in [9.17, 15) is 4.79 Å². The van der Waals surface area contributed by atoms with Crippen molar-refractivity contribution in [3.63, 3.8) is 0 Å². The first kappa shape index (κ1) is 14.9. The number of benzene rings is 2. The van der Waals surface area contributed by atoms with Crippen LogP contribution in [0.4, 0.5) is 17.1 Å². The summed E-state index contributed by atoms with van der Waals surface area (Å²) < 4.78 is 5.12. The summed E-state index contributed by atoms with van der Waals surface area (Å²) in [6.45, 7) is 4.16. The Morgan fingerprint density at radius 3 is 2.57 bits per heavy atom. The van der Waals surface area contributed by atoms with Crippen LogP contribution in [0.5, 0.6) is 0 Å². The predicted octanol–water partition coefficient (Wildman–Crippen LogP) is 3.52. The zero-order valence-corrected chi connectivity index (χ0v) is 12.6. The highest BCUT2D eigenvalue weighted by Crippen LogP contribution is 2.31. The number of nitrogens with two attached hydrogens (primary N) is 1. The number of nitrogens with zero attached hydrogens (tertiary/aromatic N) is 1. The number of carbonyl (C=O) groups excluding carboxylic acids is 1. The highest BCUT2D eigenvalue weighted by atomic mass is 16.5. The van der Waals surface area contributed by atoms with Crippen LogP contribution in [-0.4, -0.2) is 19.6 Å². The Hall–Kier alpha value is -2.49. The van der Waals surface area contributed by atoms with Gasteiger partial charge in [0.2, 0.25) is 0 Å². The largest absolute Gasteiger partial charge is 0.462 e. The molecule has 4 heteroatoms. The Bertz CT molecular complexity index is 653. The van der Waals surface area contributed by atoms with E-state index in [2.05, 4.69) is 0 Å². The van der Waals surface area contributed by atoms with E-state index < -0.39 is 0 Å². The molecule has 0 heterocycles. The van der Waals surface area contributed by atoms with Gasteiger partial charge in [0.15, 0.2) is 0 Å². The van der Waals surface area contributed by atoms with Crippen LogP contribution >= 0.6 is 0 Å². The minimum absolute atomic E-state index is 0.334. The van der Waals surface area contributed by atoms with Crippen molar-refractivity contribution < 1.29 is 9.53 Å². The van der Waals surface area contributed by atoms with E-state index in [1.807, 2.05) is 49.2 Å². The van der Waals surface area contributed by atoms with Crippen molar-refractivity contribution in [2.45, 2.75) is 13.8 Å². The molecule has 0 radical (unpaired) electrons. The van der Waals surface area contributed by atoms with Crippen LogP contribution < -0.4 is 10.6 Å². The van der Waals surface area contributed by atoms with E-state index in [0.29, 0.717) is 17.9 Å². The van der Waals surface area contributed by atoms with Gasteiger partial charge in [0.05, 0.1) is 17.9 Å². The van der Waals surface area contributed by atoms with E-state index in [1.54, 1.807) is 19.1 Å². The molecule has 2 rings (SSSR count). The Labute approximate surface area is 125 Å². The zero-order chi connectivity index (χ0) is 15.4. The number of ether oxygens (including phenoxy) is 1. The van der Waals surface area contributed by atoms with Crippen LogP contribution in [0.1, 0.15) is 22.8 Å².